The van der Waals surface area contributed by atoms with Crippen LogP contribution in [0.4, 0.5) is 0 Å². The van der Waals surface area contributed by atoms with Crippen molar-refractivity contribution >= 4 is 47.5 Å². The Hall–Kier alpha value is -4.39. The van der Waals surface area contributed by atoms with Crippen LogP contribution in [0.15, 0.2) is 54.6 Å². The summed E-state index contributed by atoms with van der Waals surface area (Å²) in [6.07, 6.45) is -11.6. The molecule has 2 aromatic carbocycles. The number of imide groups is 1. The van der Waals surface area contributed by atoms with Gasteiger partial charge in [0.2, 0.25) is 0 Å². The molecule has 0 spiro atoms. The molecule has 16 nitrogen and oxygen atoms in total. The van der Waals surface area contributed by atoms with Crippen molar-refractivity contribution in [2.24, 2.45) is 0 Å². The largest absolute Gasteiger partial charge is 0.463 e. The van der Waals surface area contributed by atoms with Gasteiger partial charge in [0, 0.05) is 33.3 Å². The molecule has 0 aliphatic carbocycles. The van der Waals surface area contributed by atoms with Gasteiger partial charge in [-0.05, 0) is 17.9 Å². The standard InChI is InChI=1S/C37H41NO15S/c1-6-54-37-27(38-33(43)23-14-10-11-15-24(23)34(38)44)30(28-26(51-37)17-46-35(52-28)22-12-8-7-9-13-22)53-36-32(49-21(5)42)31(48-20(4)41)29(47-19(3)40)25(50-36)16-45-18(2)39/h7-15,25-32,35-37H,6,16-17H2,1-5H3/t25-,26-,27-,28-,29+,30-,31+,32-,35?,36+,37+/m1/s1. The maximum absolute atomic E-state index is 14.1. The Balaban J connectivity index is 1.47. The third-order valence-corrected chi connectivity index (χ3v) is 10.1. The second kappa shape index (κ2) is 17.0. The maximum atomic E-state index is 14.1. The first kappa shape index (κ1) is 39.3. The van der Waals surface area contributed by atoms with Gasteiger partial charge in [0.25, 0.3) is 11.8 Å². The van der Waals surface area contributed by atoms with Crippen LogP contribution in [0, 0.1) is 0 Å². The quantitative estimate of drug-likeness (QED) is 0.184. The van der Waals surface area contributed by atoms with Crippen LogP contribution in [0.1, 0.15) is 67.2 Å². The number of hydrogen-bond donors (Lipinski definition) is 0. The first-order valence-electron chi connectivity index (χ1n) is 17.4. The molecule has 4 aliphatic rings. The first-order chi connectivity index (χ1) is 25.9. The Bertz CT molecular complexity index is 1710. The van der Waals surface area contributed by atoms with E-state index in [2.05, 4.69) is 0 Å². The molecular weight excluding hydrogens is 730 g/mol. The number of ether oxygens (including phenoxy) is 9. The predicted octanol–water partition coefficient (Wildman–Crippen LogP) is 2.71. The summed E-state index contributed by atoms with van der Waals surface area (Å²) in [5.41, 5.74) is 0.163. The summed E-state index contributed by atoms with van der Waals surface area (Å²) in [7, 11) is 0. The van der Waals surface area contributed by atoms with E-state index in [0.29, 0.717) is 11.3 Å². The van der Waals surface area contributed by atoms with E-state index in [0.717, 1.165) is 32.6 Å². The molecule has 0 aromatic heterocycles. The smallest absolute Gasteiger partial charge is 0.303 e. The second-order valence-electron chi connectivity index (χ2n) is 12.9. The van der Waals surface area contributed by atoms with E-state index in [1.807, 2.05) is 25.1 Å². The Morgan fingerprint density at radius 1 is 0.741 bits per heavy atom. The molecule has 3 fully saturated rings. The van der Waals surface area contributed by atoms with Crippen molar-refractivity contribution in [2.75, 3.05) is 19.0 Å². The number of rotatable bonds is 11. The van der Waals surface area contributed by atoms with Crippen LogP contribution in [-0.2, 0) is 61.8 Å². The number of nitrogens with zero attached hydrogens (tertiary/aromatic N) is 1. The van der Waals surface area contributed by atoms with Gasteiger partial charge >= 0.3 is 23.9 Å². The van der Waals surface area contributed by atoms with E-state index >= 15 is 0 Å². The minimum atomic E-state index is -1.65. The Morgan fingerprint density at radius 3 is 1.93 bits per heavy atom. The van der Waals surface area contributed by atoms with Crippen molar-refractivity contribution in [3.05, 3.63) is 71.3 Å². The summed E-state index contributed by atoms with van der Waals surface area (Å²) in [6, 6.07) is 14.3. The van der Waals surface area contributed by atoms with Crippen molar-refractivity contribution in [1.29, 1.82) is 0 Å². The molecule has 4 heterocycles. The zero-order chi connectivity index (χ0) is 38.7. The van der Waals surface area contributed by atoms with Crippen LogP contribution >= 0.6 is 11.8 Å². The van der Waals surface area contributed by atoms with E-state index in [-0.39, 0.29) is 17.7 Å². The van der Waals surface area contributed by atoms with Crippen LogP contribution in [-0.4, -0.2) is 120 Å². The van der Waals surface area contributed by atoms with Gasteiger partial charge < -0.3 is 42.6 Å². The van der Waals surface area contributed by atoms with E-state index in [9.17, 15) is 28.8 Å². The summed E-state index contributed by atoms with van der Waals surface area (Å²) < 4.78 is 54.4. The van der Waals surface area contributed by atoms with E-state index in [1.54, 1.807) is 36.4 Å². The lowest BCUT2D eigenvalue weighted by Crippen LogP contribution is -2.70. The molecule has 1 unspecified atom stereocenters. The predicted molar refractivity (Wildman–Crippen MR) is 184 cm³/mol. The molecule has 2 aromatic rings. The monoisotopic (exact) mass is 771 g/mol. The highest BCUT2D eigenvalue weighted by atomic mass is 32.2. The summed E-state index contributed by atoms with van der Waals surface area (Å²) in [4.78, 5) is 78.8. The Labute approximate surface area is 314 Å². The summed E-state index contributed by atoms with van der Waals surface area (Å²) in [6.45, 7) is 5.91. The molecular formula is C37H41NO15S. The van der Waals surface area contributed by atoms with Gasteiger partial charge in [-0.3, -0.25) is 33.7 Å². The van der Waals surface area contributed by atoms with Gasteiger partial charge in [0.05, 0.1) is 17.7 Å². The van der Waals surface area contributed by atoms with E-state index in [4.69, 9.17) is 42.6 Å². The minimum absolute atomic E-state index is 0.0261. The molecule has 4 aliphatic heterocycles. The average Bonchev–Trinajstić information content (AvgIpc) is 3.38. The van der Waals surface area contributed by atoms with Gasteiger partial charge in [0.1, 0.15) is 42.5 Å². The van der Waals surface area contributed by atoms with Crippen LogP contribution < -0.4 is 0 Å². The number of thioether (sulfide) groups is 1. The Morgan fingerprint density at radius 2 is 1.33 bits per heavy atom. The highest BCUT2D eigenvalue weighted by Gasteiger charge is 2.60. The van der Waals surface area contributed by atoms with Crippen molar-refractivity contribution < 1.29 is 71.4 Å². The fraction of sp³-hybridized carbons (Fsp3) is 0.514. The third kappa shape index (κ3) is 8.30. The minimum Gasteiger partial charge on any atom is -0.463 e. The molecule has 6 rings (SSSR count). The second-order valence-corrected chi connectivity index (χ2v) is 14.2. The summed E-state index contributed by atoms with van der Waals surface area (Å²) in [5, 5.41) is 0. The lowest BCUT2D eigenvalue weighted by atomic mass is 9.94. The zero-order valence-corrected chi connectivity index (χ0v) is 31.0. The fourth-order valence-corrected chi connectivity index (χ4v) is 8.02. The van der Waals surface area contributed by atoms with Crippen LogP contribution in [0.3, 0.4) is 0 Å². The first-order valence-corrected chi connectivity index (χ1v) is 18.4. The van der Waals surface area contributed by atoms with E-state index < -0.39 is 109 Å². The number of hydrogen-bond acceptors (Lipinski definition) is 16. The van der Waals surface area contributed by atoms with Crippen LogP contribution in [0.2, 0.25) is 0 Å². The zero-order valence-electron chi connectivity index (χ0n) is 30.1. The topological polar surface area (TPSA) is 189 Å². The number of amides is 2. The normalized spacial score (nSPS) is 31.9. The summed E-state index contributed by atoms with van der Waals surface area (Å²) >= 11 is 1.32. The molecule has 11 atom stereocenters. The molecule has 17 heteroatoms. The molecule has 2 amide bonds. The SMILES string of the molecule is CCS[C@@H]1O[C@@H]2COC(c3ccccc3)O[C@H]2[C@H](O[C@@H]2O[C@H](COC(C)=O)[C@H](OC(C)=O)[C@H](OC(C)=O)[C@H]2OC(C)=O)[C@H]1N1C(=O)c2ccccc2C1=O. The number of fused-ring (bicyclic) bond motifs is 2. The van der Waals surface area contributed by atoms with Crippen molar-refractivity contribution in [3.63, 3.8) is 0 Å². The lowest BCUT2D eigenvalue weighted by Gasteiger charge is -2.52. The van der Waals surface area contributed by atoms with Gasteiger partial charge in [0.15, 0.2) is 30.9 Å². The van der Waals surface area contributed by atoms with Gasteiger partial charge in [-0.1, -0.05) is 49.4 Å². The molecule has 290 valence electrons. The Kier molecular flexibility index (Phi) is 12.3. The maximum Gasteiger partial charge on any atom is 0.303 e. The van der Waals surface area contributed by atoms with Gasteiger partial charge in [-0.2, -0.15) is 0 Å². The van der Waals surface area contributed by atoms with Gasteiger partial charge in [-0.15, -0.1) is 11.8 Å². The number of carbonyl (C=O) groups is 6. The number of esters is 4. The molecule has 0 N–H and O–H groups in total. The average molecular weight is 772 g/mol. The van der Waals surface area contributed by atoms with E-state index in [1.165, 1.54) is 11.8 Å². The molecule has 0 radical (unpaired) electrons. The van der Waals surface area contributed by atoms with Crippen LogP contribution in [0.25, 0.3) is 0 Å². The van der Waals surface area contributed by atoms with Gasteiger partial charge in [-0.25, -0.2) is 0 Å². The van der Waals surface area contributed by atoms with Crippen LogP contribution in [0.5, 0.6) is 0 Å². The van der Waals surface area contributed by atoms with Crippen molar-refractivity contribution in [2.45, 2.75) is 101 Å². The molecule has 3 saturated heterocycles. The lowest BCUT2D eigenvalue weighted by molar-refractivity contribution is -0.360. The van der Waals surface area contributed by atoms with Crippen molar-refractivity contribution in [1.82, 2.24) is 4.90 Å². The molecule has 0 saturated carbocycles. The number of carbonyl (C=O) groups excluding carboxylic acids is 6. The van der Waals surface area contributed by atoms with Crippen molar-refractivity contribution in [3.8, 4) is 0 Å². The molecule has 0 bridgehead atoms. The number of benzene rings is 2. The molecule has 54 heavy (non-hydrogen) atoms. The highest BCUT2D eigenvalue weighted by molar-refractivity contribution is 7.99. The third-order valence-electron chi connectivity index (χ3n) is 9.07. The highest BCUT2D eigenvalue weighted by Crippen LogP contribution is 2.43. The fourth-order valence-electron chi connectivity index (χ4n) is 7.00. The summed E-state index contributed by atoms with van der Waals surface area (Å²) in [5.74, 6) is -3.83.